The summed E-state index contributed by atoms with van der Waals surface area (Å²) in [6.45, 7) is 7.12. The summed E-state index contributed by atoms with van der Waals surface area (Å²) in [5.74, 6) is 0.0937. The molecule has 2 aliphatic heterocycles. The summed E-state index contributed by atoms with van der Waals surface area (Å²) in [6, 6.07) is 0.982. The molecular weight excluding hydrogens is 326 g/mol. The van der Waals surface area contributed by atoms with E-state index in [2.05, 4.69) is 17.2 Å². The van der Waals surface area contributed by atoms with Crippen molar-refractivity contribution in [1.29, 1.82) is 0 Å². The number of carbonyl (C=O) groups is 2. The van der Waals surface area contributed by atoms with Crippen LogP contribution in [0.25, 0.3) is 0 Å². The Labute approximate surface area is 150 Å². The molecule has 1 amide bonds. The molecule has 134 valence electrons. The molecule has 0 aliphatic carbocycles. The highest BCUT2D eigenvalue weighted by Crippen LogP contribution is 2.25. The van der Waals surface area contributed by atoms with Gasteiger partial charge in [0.1, 0.15) is 5.69 Å². The van der Waals surface area contributed by atoms with E-state index in [9.17, 15) is 9.59 Å². The number of likely N-dealkylation sites (tertiary alicyclic amines) is 1. The third-order valence-corrected chi connectivity index (χ3v) is 5.17. The standard InChI is InChI=1S/C18H27N3O2.ClH/c1-4-5-15-16(12(3)22)11(2)19-17(15)18(23)21-9-8-13-6-7-14(10-21)20-13;/h13-14,19-20H,4-10H2,1-3H3;1H. The Morgan fingerprint density at radius 3 is 2.58 bits per heavy atom. The van der Waals surface area contributed by atoms with Crippen molar-refractivity contribution in [1.82, 2.24) is 15.2 Å². The number of nitrogens with zero attached hydrogens (tertiary/aromatic N) is 1. The normalized spacial score (nSPS) is 22.9. The Morgan fingerprint density at radius 2 is 1.92 bits per heavy atom. The first-order valence-electron chi connectivity index (χ1n) is 8.79. The zero-order chi connectivity index (χ0) is 16.6. The average Bonchev–Trinajstić information content (AvgIpc) is 2.98. The molecule has 0 spiro atoms. The second-order valence-electron chi connectivity index (χ2n) is 6.96. The van der Waals surface area contributed by atoms with Crippen LogP contribution in [0, 0.1) is 6.92 Å². The number of nitrogens with one attached hydrogen (secondary N) is 2. The molecule has 2 unspecified atom stereocenters. The first-order chi connectivity index (χ1) is 11.0. The van der Waals surface area contributed by atoms with Gasteiger partial charge in [-0.25, -0.2) is 0 Å². The van der Waals surface area contributed by atoms with Crippen LogP contribution in [0.1, 0.15) is 71.6 Å². The zero-order valence-electron chi connectivity index (χ0n) is 14.8. The number of hydrogen-bond acceptors (Lipinski definition) is 3. The van der Waals surface area contributed by atoms with Crippen LogP contribution in [0.3, 0.4) is 0 Å². The summed E-state index contributed by atoms with van der Waals surface area (Å²) in [5.41, 5.74) is 3.07. The van der Waals surface area contributed by atoms with Gasteiger partial charge in [-0.15, -0.1) is 12.4 Å². The van der Waals surface area contributed by atoms with Gasteiger partial charge in [0.05, 0.1) is 0 Å². The van der Waals surface area contributed by atoms with E-state index >= 15 is 0 Å². The fourth-order valence-corrected chi connectivity index (χ4v) is 4.12. The van der Waals surface area contributed by atoms with Gasteiger partial charge in [-0.3, -0.25) is 9.59 Å². The van der Waals surface area contributed by atoms with Crippen molar-refractivity contribution in [3.05, 3.63) is 22.5 Å². The predicted molar refractivity (Wildman–Crippen MR) is 97.2 cm³/mol. The second kappa shape index (κ2) is 7.70. The number of hydrogen-bond donors (Lipinski definition) is 2. The monoisotopic (exact) mass is 353 g/mol. The number of ketones is 1. The van der Waals surface area contributed by atoms with Crippen molar-refractivity contribution in [3.63, 3.8) is 0 Å². The number of amides is 1. The molecule has 2 saturated heterocycles. The summed E-state index contributed by atoms with van der Waals surface area (Å²) in [7, 11) is 0. The van der Waals surface area contributed by atoms with E-state index in [-0.39, 0.29) is 24.1 Å². The van der Waals surface area contributed by atoms with Gasteiger partial charge in [-0.2, -0.15) is 0 Å². The first kappa shape index (κ1) is 19.0. The molecule has 2 aliphatic rings. The second-order valence-corrected chi connectivity index (χ2v) is 6.96. The summed E-state index contributed by atoms with van der Waals surface area (Å²) in [6.07, 6.45) is 5.08. The Hall–Kier alpha value is -1.33. The van der Waals surface area contributed by atoms with Gasteiger partial charge in [-0.05, 0) is 45.1 Å². The van der Waals surface area contributed by atoms with E-state index in [1.165, 1.54) is 6.42 Å². The average molecular weight is 354 g/mol. The maximum atomic E-state index is 13.1. The number of carbonyl (C=O) groups excluding carboxylic acids is 2. The van der Waals surface area contributed by atoms with Crippen LogP contribution in [0.4, 0.5) is 0 Å². The lowest BCUT2D eigenvalue weighted by Crippen LogP contribution is -2.39. The van der Waals surface area contributed by atoms with Crippen LogP contribution in [-0.2, 0) is 6.42 Å². The molecule has 1 aromatic heterocycles. The van der Waals surface area contributed by atoms with Crippen LogP contribution < -0.4 is 5.32 Å². The molecule has 3 heterocycles. The van der Waals surface area contributed by atoms with Gasteiger partial charge in [0, 0.05) is 36.4 Å². The minimum Gasteiger partial charge on any atom is -0.354 e. The summed E-state index contributed by atoms with van der Waals surface area (Å²) < 4.78 is 0. The number of aryl methyl sites for hydroxylation is 1. The van der Waals surface area contributed by atoms with Crippen LogP contribution in [0.2, 0.25) is 0 Å². The molecular formula is C18H28ClN3O2. The number of aromatic nitrogens is 1. The summed E-state index contributed by atoms with van der Waals surface area (Å²) in [5, 5.41) is 3.61. The molecule has 6 heteroatoms. The number of rotatable bonds is 4. The highest BCUT2D eigenvalue weighted by atomic mass is 35.5. The smallest absolute Gasteiger partial charge is 0.270 e. The van der Waals surface area contributed by atoms with Crippen molar-refractivity contribution in [2.75, 3.05) is 13.1 Å². The lowest BCUT2D eigenvalue weighted by Gasteiger charge is -2.24. The minimum atomic E-state index is 0. The van der Waals surface area contributed by atoms with Crippen LogP contribution in [0.15, 0.2) is 0 Å². The quantitative estimate of drug-likeness (QED) is 0.818. The number of Topliss-reactive ketones (excluding diaryl/α,β-unsaturated/α-hetero) is 1. The number of aromatic amines is 1. The molecule has 24 heavy (non-hydrogen) atoms. The topological polar surface area (TPSA) is 65.2 Å². The lowest BCUT2D eigenvalue weighted by atomic mass is 10.0. The van der Waals surface area contributed by atoms with Gasteiger partial charge in [0.25, 0.3) is 5.91 Å². The third kappa shape index (κ3) is 3.52. The molecule has 2 bridgehead atoms. The Kier molecular flexibility index (Phi) is 6.10. The van der Waals surface area contributed by atoms with E-state index in [4.69, 9.17) is 0 Å². The molecule has 1 aromatic rings. The number of halogens is 1. The molecule has 3 rings (SSSR count). The Morgan fingerprint density at radius 1 is 1.21 bits per heavy atom. The lowest BCUT2D eigenvalue weighted by molar-refractivity contribution is 0.0741. The maximum Gasteiger partial charge on any atom is 0.270 e. The van der Waals surface area contributed by atoms with Gasteiger partial charge in [-0.1, -0.05) is 13.3 Å². The summed E-state index contributed by atoms with van der Waals surface area (Å²) >= 11 is 0. The van der Waals surface area contributed by atoms with Gasteiger partial charge in [0.15, 0.2) is 5.78 Å². The molecule has 5 nitrogen and oxygen atoms in total. The SMILES string of the molecule is CCCc1c(C(=O)N2CCC3CCC(C2)N3)[nH]c(C)c1C(C)=O.Cl. The first-order valence-corrected chi connectivity index (χ1v) is 8.79. The van der Waals surface area contributed by atoms with E-state index < -0.39 is 0 Å². The van der Waals surface area contributed by atoms with E-state index in [0.29, 0.717) is 23.3 Å². The highest BCUT2D eigenvalue weighted by Gasteiger charge is 2.33. The fraction of sp³-hybridized carbons (Fsp3) is 0.667. The summed E-state index contributed by atoms with van der Waals surface area (Å²) in [4.78, 5) is 30.2. The largest absolute Gasteiger partial charge is 0.354 e. The van der Waals surface area contributed by atoms with E-state index in [1.54, 1.807) is 6.92 Å². The molecule has 2 atom stereocenters. The predicted octanol–water partition coefficient (Wildman–Crippen LogP) is 2.87. The molecule has 2 N–H and O–H groups in total. The number of H-pyrrole nitrogens is 1. The van der Waals surface area contributed by atoms with Crippen LogP contribution in [0.5, 0.6) is 0 Å². The molecule has 0 radical (unpaired) electrons. The third-order valence-electron chi connectivity index (χ3n) is 5.17. The highest BCUT2D eigenvalue weighted by molar-refractivity contribution is 6.02. The number of fused-ring (bicyclic) bond motifs is 2. The fourth-order valence-electron chi connectivity index (χ4n) is 4.12. The van der Waals surface area contributed by atoms with Crippen LogP contribution >= 0.6 is 12.4 Å². The van der Waals surface area contributed by atoms with Crippen molar-refractivity contribution < 1.29 is 9.59 Å². The maximum absolute atomic E-state index is 13.1. The van der Waals surface area contributed by atoms with Crippen molar-refractivity contribution in [2.45, 2.75) is 65.0 Å². The molecule has 0 saturated carbocycles. The Bertz CT molecular complexity index is 626. The van der Waals surface area contributed by atoms with Gasteiger partial charge in [0.2, 0.25) is 0 Å². The zero-order valence-corrected chi connectivity index (χ0v) is 15.6. The van der Waals surface area contributed by atoms with Crippen molar-refractivity contribution in [3.8, 4) is 0 Å². The van der Waals surface area contributed by atoms with Gasteiger partial charge >= 0.3 is 0 Å². The van der Waals surface area contributed by atoms with Crippen molar-refractivity contribution in [2.24, 2.45) is 0 Å². The van der Waals surface area contributed by atoms with Gasteiger partial charge < -0.3 is 15.2 Å². The molecule has 2 fully saturated rings. The van der Waals surface area contributed by atoms with Crippen molar-refractivity contribution >= 4 is 24.1 Å². The van der Waals surface area contributed by atoms with E-state index in [1.807, 2.05) is 11.8 Å². The Balaban J connectivity index is 0.00000208. The minimum absolute atomic E-state index is 0. The van der Waals surface area contributed by atoms with Crippen LogP contribution in [-0.4, -0.2) is 46.7 Å². The molecule has 0 aromatic carbocycles. The van der Waals surface area contributed by atoms with E-state index in [0.717, 1.165) is 50.0 Å².